The lowest BCUT2D eigenvalue weighted by Gasteiger charge is -2.30. The van der Waals surface area contributed by atoms with Gasteiger partial charge in [-0.15, -0.1) is 0 Å². The molecule has 0 saturated heterocycles. The van der Waals surface area contributed by atoms with Crippen LogP contribution in [0.3, 0.4) is 0 Å². The number of carbonyl (C=O) groups excluding carboxylic acids is 1. The van der Waals surface area contributed by atoms with Crippen molar-refractivity contribution in [2.75, 3.05) is 0 Å². The van der Waals surface area contributed by atoms with Crippen molar-refractivity contribution in [2.45, 2.75) is 82.7 Å². The van der Waals surface area contributed by atoms with E-state index >= 15 is 0 Å². The summed E-state index contributed by atoms with van der Waals surface area (Å²) in [6, 6.07) is 0.322. The lowest BCUT2D eigenvalue weighted by Crippen LogP contribution is -2.46. The third-order valence-corrected chi connectivity index (χ3v) is 4.86. The molecule has 2 aliphatic carbocycles. The van der Waals surface area contributed by atoms with E-state index in [1.54, 1.807) is 0 Å². The van der Waals surface area contributed by atoms with Crippen molar-refractivity contribution in [3.8, 4) is 0 Å². The molecule has 2 aliphatic rings. The van der Waals surface area contributed by atoms with Gasteiger partial charge in [0.1, 0.15) is 0 Å². The summed E-state index contributed by atoms with van der Waals surface area (Å²) < 4.78 is 0. The predicted molar refractivity (Wildman–Crippen MR) is 74.2 cm³/mol. The lowest BCUT2D eigenvalue weighted by molar-refractivity contribution is -0.123. The summed E-state index contributed by atoms with van der Waals surface area (Å²) in [7, 11) is 0. The van der Waals surface area contributed by atoms with Gasteiger partial charge in [-0.3, -0.25) is 4.79 Å². The normalized spacial score (nSPS) is 25.9. The standard InChI is InChI=1S/C15H28N2O/c1-12(13-7-3-2-4-8-13)17-14(18)11-15(16)9-5-6-10-15/h12-13H,2-11,16H2,1H3,(H,17,18). The third-order valence-electron chi connectivity index (χ3n) is 4.86. The van der Waals surface area contributed by atoms with Crippen LogP contribution < -0.4 is 11.1 Å². The zero-order chi connectivity index (χ0) is 13.0. The minimum Gasteiger partial charge on any atom is -0.353 e. The van der Waals surface area contributed by atoms with Crippen LogP contribution in [0.1, 0.15) is 71.1 Å². The Morgan fingerprint density at radius 3 is 2.44 bits per heavy atom. The monoisotopic (exact) mass is 252 g/mol. The van der Waals surface area contributed by atoms with Crippen LogP contribution in [0.4, 0.5) is 0 Å². The fraction of sp³-hybridized carbons (Fsp3) is 0.933. The van der Waals surface area contributed by atoms with Crippen LogP contribution in [0.25, 0.3) is 0 Å². The number of nitrogens with two attached hydrogens (primary N) is 1. The number of carbonyl (C=O) groups is 1. The van der Waals surface area contributed by atoms with Crippen LogP contribution in [0.15, 0.2) is 0 Å². The summed E-state index contributed by atoms with van der Waals surface area (Å²) in [5.74, 6) is 0.845. The number of amides is 1. The van der Waals surface area contributed by atoms with Crippen molar-refractivity contribution >= 4 is 5.91 Å². The molecule has 0 aromatic carbocycles. The molecular weight excluding hydrogens is 224 g/mol. The summed E-state index contributed by atoms with van der Waals surface area (Å²) in [4.78, 5) is 12.1. The van der Waals surface area contributed by atoms with Gasteiger partial charge in [0, 0.05) is 18.0 Å². The third kappa shape index (κ3) is 3.71. The molecule has 0 bridgehead atoms. The number of rotatable bonds is 4. The second-order valence-electron chi connectivity index (χ2n) is 6.50. The van der Waals surface area contributed by atoms with Gasteiger partial charge in [-0.2, -0.15) is 0 Å². The molecule has 3 N–H and O–H groups in total. The first-order valence-corrected chi connectivity index (χ1v) is 7.67. The summed E-state index contributed by atoms with van der Waals surface area (Å²) in [5.41, 5.74) is 6.04. The average molecular weight is 252 g/mol. The highest BCUT2D eigenvalue weighted by Gasteiger charge is 2.32. The molecule has 0 spiro atoms. The fourth-order valence-electron chi connectivity index (χ4n) is 3.63. The maximum absolute atomic E-state index is 12.1. The summed E-state index contributed by atoms with van der Waals surface area (Å²) in [6.45, 7) is 2.16. The number of nitrogens with one attached hydrogen (secondary N) is 1. The largest absolute Gasteiger partial charge is 0.353 e. The van der Waals surface area contributed by atoms with Crippen molar-refractivity contribution in [3.05, 3.63) is 0 Å². The minimum absolute atomic E-state index is 0.164. The van der Waals surface area contributed by atoms with Gasteiger partial charge >= 0.3 is 0 Å². The Morgan fingerprint density at radius 1 is 1.22 bits per heavy atom. The maximum Gasteiger partial charge on any atom is 0.222 e. The van der Waals surface area contributed by atoms with E-state index in [0.29, 0.717) is 18.4 Å². The molecule has 0 radical (unpaired) electrons. The predicted octanol–water partition coefficient (Wildman–Crippen LogP) is 2.73. The second kappa shape index (κ2) is 6.05. The molecular formula is C15H28N2O. The molecule has 0 aromatic rings. The first-order valence-electron chi connectivity index (χ1n) is 7.67. The van der Waals surface area contributed by atoms with Crippen molar-refractivity contribution < 1.29 is 4.79 Å². The van der Waals surface area contributed by atoms with Gasteiger partial charge < -0.3 is 11.1 Å². The van der Waals surface area contributed by atoms with Crippen LogP contribution in [-0.4, -0.2) is 17.5 Å². The molecule has 2 rings (SSSR count). The topological polar surface area (TPSA) is 55.1 Å². The average Bonchev–Trinajstić information content (AvgIpc) is 2.76. The van der Waals surface area contributed by atoms with E-state index in [-0.39, 0.29) is 11.4 Å². The van der Waals surface area contributed by atoms with E-state index in [4.69, 9.17) is 5.73 Å². The molecule has 2 fully saturated rings. The summed E-state index contributed by atoms with van der Waals surface area (Å²) in [6.07, 6.45) is 11.5. The minimum atomic E-state index is -0.212. The second-order valence-corrected chi connectivity index (χ2v) is 6.50. The lowest BCUT2D eigenvalue weighted by atomic mass is 9.84. The van der Waals surface area contributed by atoms with E-state index in [1.165, 1.54) is 44.9 Å². The highest BCUT2D eigenvalue weighted by atomic mass is 16.1. The molecule has 3 heteroatoms. The van der Waals surface area contributed by atoms with Crippen LogP contribution in [0.2, 0.25) is 0 Å². The molecule has 1 unspecified atom stereocenters. The van der Waals surface area contributed by atoms with Crippen molar-refractivity contribution in [3.63, 3.8) is 0 Å². The van der Waals surface area contributed by atoms with Crippen molar-refractivity contribution in [1.29, 1.82) is 0 Å². The molecule has 0 heterocycles. The van der Waals surface area contributed by atoms with Gasteiger partial charge in [0.2, 0.25) is 5.91 Å². The molecule has 3 nitrogen and oxygen atoms in total. The molecule has 1 atom stereocenters. The Kier molecular flexibility index (Phi) is 4.66. The first-order chi connectivity index (χ1) is 8.59. The Hall–Kier alpha value is -0.570. The highest BCUT2D eigenvalue weighted by molar-refractivity contribution is 5.77. The molecule has 1 amide bonds. The zero-order valence-electron chi connectivity index (χ0n) is 11.7. The van der Waals surface area contributed by atoms with Crippen molar-refractivity contribution in [1.82, 2.24) is 5.32 Å². The first kappa shape index (κ1) is 13.9. The Labute approximate surface area is 111 Å². The Balaban J connectivity index is 1.75. The van der Waals surface area contributed by atoms with E-state index in [2.05, 4.69) is 12.2 Å². The van der Waals surface area contributed by atoms with Gasteiger partial charge in [-0.1, -0.05) is 32.1 Å². The molecule has 0 aromatic heterocycles. The van der Waals surface area contributed by atoms with Gasteiger partial charge in [0.05, 0.1) is 0 Å². The molecule has 104 valence electrons. The molecule has 0 aliphatic heterocycles. The highest BCUT2D eigenvalue weighted by Crippen LogP contribution is 2.30. The smallest absolute Gasteiger partial charge is 0.222 e. The van der Waals surface area contributed by atoms with Crippen LogP contribution in [0, 0.1) is 5.92 Å². The van der Waals surface area contributed by atoms with Crippen LogP contribution in [0.5, 0.6) is 0 Å². The van der Waals surface area contributed by atoms with Crippen LogP contribution >= 0.6 is 0 Å². The van der Waals surface area contributed by atoms with E-state index in [1.807, 2.05) is 0 Å². The summed E-state index contributed by atoms with van der Waals surface area (Å²) in [5, 5.41) is 3.18. The van der Waals surface area contributed by atoms with E-state index in [0.717, 1.165) is 12.8 Å². The number of hydrogen-bond acceptors (Lipinski definition) is 2. The van der Waals surface area contributed by atoms with E-state index in [9.17, 15) is 4.79 Å². The molecule has 2 saturated carbocycles. The Morgan fingerprint density at radius 2 is 1.83 bits per heavy atom. The van der Waals surface area contributed by atoms with Gasteiger partial charge in [-0.05, 0) is 38.5 Å². The van der Waals surface area contributed by atoms with Gasteiger partial charge in [0.15, 0.2) is 0 Å². The summed E-state index contributed by atoms with van der Waals surface area (Å²) >= 11 is 0. The maximum atomic E-state index is 12.1. The zero-order valence-corrected chi connectivity index (χ0v) is 11.7. The van der Waals surface area contributed by atoms with Gasteiger partial charge in [0.25, 0.3) is 0 Å². The van der Waals surface area contributed by atoms with Crippen LogP contribution in [-0.2, 0) is 4.79 Å². The quantitative estimate of drug-likeness (QED) is 0.808. The fourth-order valence-corrected chi connectivity index (χ4v) is 3.63. The number of hydrogen-bond donors (Lipinski definition) is 2. The Bertz CT molecular complexity index is 278. The van der Waals surface area contributed by atoms with Crippen molar-refractivity contribution in [2.24, 2.45) is 11.7 Å². The molecule has 18 heavy (non-hydrogen) atoms. The SMILES string of the molecule is CC(NC(=O)CC1(N)CCCC1)C1CCCCC1. The van der Waals surface area contributed by atoms with Gasteiger partial charge in [-0.25, -0.2) is 0 Å². The van der Waals surface area contributed by atoms with E-state index < -0.39 is 0 Å².